The fourth-order valence-corrected chi connectivity index (χ4v) is 14.3. The standard InChI is InChI=1S/C82H160O17P2/c1-6-9-12-15-18-21-24-27-29-31-33-34-35-37-39-41-44-47-52-58-63-68-82(87)98-77(71-92-79(84)65-60-55-50-45-43-40-38-36-32-30-28-25-22-19-16-13-10-7-2)73-96-100(88,89)94-69-76(83)70-95-101(90,91)97-74-78(72-93-80(85)66-61-56-53-48-49-54-59-64-75(4)5)99-81(86)67-62-57-51-46-42-26-23-20-17-14-11-8-3/h75-78,83H,6-74H2,1-5H3,(H,88,89)(H,90,91)/t76-,77-,78-/m1/s1. The third-order valence-electron chi connectivity index (χ3n) is 19.3. The normalized spacial score (nSPS) is 13.8. The highest BCUT2D eigenvalue weighted by molar-refractivity contribution is 7.47. The van der Waals surface area contributed by atoms with Crippen LogP contribution in [0.4, 0.5) is 0 Å². The monoisotopic (exact) mass is 1480 g/mol. The lowest BCUT2D eigenvalue weighted by Crippen LogP contribution is -2.30. The van der Waals surface area contributed by atoms with E-state index in [0.29, 0.717) is 31.6 Å². The lowest BCUT2D eigenvalue weighted by molar-refractivity contribution is -0.161. The van der Waals surface area contributed by atoms with E-state index in [-0.39, 0.29) is 25.7 Å². The fraction of sp³-hybridized carbons (Fsp3) is 0.951. The lowest BCUT2D eigenvalue weighted by atomic mass is 10.0. The fourth-order valence-electron chi connectivity index (χ4n) is 12.8. The van der Waals surface area contributed by atoms with Crippen LogP contribution in [0.25, 0.3) is 0 Å². The Kier molecular flexibility index (Phi) is 73.5. The summed E-state index contributed by atoms with van der Waals surface area (Å²) in [6.45, 7) is 7.27. The van der Waals surface area contributed by atoms with Crippen molar-refractivity contribution in [1.29, 1.82) is 0 Å². The molecule has 101 heavy (non-hydrogen) atoms. The van der Waals surface area contributed by atoms with Crippen molar-refractivity contribution < 1.29 is 80.2 Å². The SMILES string of the molecule is CCCCCCCCCCCCCCCCCCCCCCCC(=O)O[C@H](COC(=O)CCCCCCCCCCCCCCCCCCCC)COP(=O)(O)OC[C@@H](O)COP(=O)(O)OC[C@@H](COC(=O)CCCCCCCCCC(C)C)OC(=O)CCCCCCCCCCCCCC. The molecule has 0 fully saturated rings. The van der Waals surface area contributed by atoms with E-state index < -0.39 is 97.5 Å². The highest BCUT2D eigenvalue weighted by atomic mass is 31.2. The van der Waals surface area contributed by atoms with Crippen LogP contribution in [0.15, 0.2) is 0 Å². The number of phosphoric acid groups is 2. The minimum atomic E-state index is -4.96. The van der Waals surface area contributed by atoms with E-state index in [9.17, 15) is 43.2 Å². The molecule has 0 aliphatic rings. The molecular weight excluding hydrogens is 1320 g/mol. The maximum absolute atomic E-state index is 13.1. The summed E-state index contributed by atoms with van der Waals surface area (Å²) >= 11 is 0. The van der Waals surface area contributed by atoms with Crippen LogP contribution in [0.3, 0.4) is 0 Å². The number of aliphatic hydroxyl groups is 1. The number of aliphatic hydroxyl groups excluding tert-OH is 1. The number of ether oxygens (including phenoxy) is 4. The van der Waals surface area contributed by atoms with Gasteiger partial charge in [0.05, 0.1) is 26.4 Å². The van der Waals surface area contributed by atoms with Crippen LogP contribution in [0.1, 0.15) is 439 Å². The second-order valence-corrected chi connectivity index (χ2v) is 32.9. The molecule has 0 aliphatic carbocycles. The summed E-state index contributed by atoms with van der Waals surface area (Å²) in [4.78, 5) is 73.0. The first-order chi connectivity index (χ1) is 49.0. The van der Waals surface area contributed by atoms with Gasteiger partial charge in [0, 0.05) is 25.7 Å². The number of hydrogen-bond donors (Lipinski definition) is 3. The molecule has 0 amide bonds. The van der Waals surface area contributed by atoms with Gasteiger partial charge in [0.2, 0.25) is 0 Å². The maximum Gasteiger partial charge on any atom is 0.472 e. The van der Waals surface area contributed by atoms with E-state index in [4.69, 9.17) is 37.0 Å². The van der Waals surface area contributed by atoms with Crippen molar-refractivity contribution in [1.82, 2.24) is 0 Å². The highest BCUT2D eigenvalue weighted by Gasteiger charge is 2.30. The summed E-state index contributed by atoms with van der Waals surface area (Å²) in [5.41, 5.74) is 0. The Labute approximate surface area is 619 Å². The molecule has 0 saturated carbocycles. The van der Waals surface area contributed by atoms with Crippen molar-refractivity contribution >= 4 is 39.5 Å². The molecule has 3 N–H and O–H groups in total. The number of rotatable bonds is 82. The van der Waals surface area contributed by atoms with Gasteiger partial charge in [-0.3, -0.25) is 37.3 Å². The highest BCUT2D eigenvalue weighted by Crippen LogP contribution is 2.45. The average molecular weight is 1480 g/mol. The van der Waals surface area contributed by atoms with Gasteiger partial charge in [-0.05, 0) is 31.6 Å². The zero-order chi connectivity index (χ0) is 74.1. The maximum atomic E-state index is 13.1. The van der Waals surface area contributed by atoms with Crippen molar-refractivity contribution in [3.8, 4) is 0 Å². The van der Waals surface area contributed by atoms with E-state index in [1.54, 1.807) is 0 Å². The lowest BCUT2D eigenvalue weighted by Gasteiger charge is -2.21. The number of carbonyl (C=O) groups excluding carboxylic acids is 4. The minimum Gasteiger partial charge on any atom is -0.462 e. The second kappa shape index (κ2) is 74.9. The zero-order valence-corrected chi connectivity index (χ0v) is 67.8. The Hall–Kier alpha value is -1.94. The van der Waals surface area contributed by atoms with Crippen molar-refractivity contribution in [2.75, 3.05) is 39.6 Å². The van der Waals surface area contributed by atoms with Gasteiger partial charge in [-0.2, -0.15) is 0 Å². The molecule has 17 nitrogen and oxygen atoms in total. The van der Waals surface area contributed by atoms with E-state index in [1.165, 1.54) is 257 Å². The molecule has 0 bridgehead atoms. The van der Waals surface area contributed by atoms with E-state index in [1.807, 2.05) is 0 Å². The molecule has 0 aromatic heterocycles. The third-order valence-corrected chi connectivity index (χ3v) is 21.2. The van der Waals surface area contributed by atoms with Crippen molar-refractivity contribution in [2.45, 2.75) is 457 Å². The van der Waals surface area contributed by atoms with Gasteiger partial charge in [0.15, 0.2) is 12.2 Å². The largest absolute Gasteiger partial charge is 0.472 e. The van der Waals surface area contributed by atoms with Crippen LogP contribution in [0, 0.1) is 5.92 Å². The molecule has 0 aromatic carbocycles. The molecule has 2 unspecified atom stereocenters. The van der Waals surface area contributed by atoms with Crippen LogP contribution in [0.2, 0.25) is 0 Å². The number of unbranched alkanes of at least 4 members (excludes halogenated alkanes) is 54. The minimum absolute atomic E-state index is 0.107. The average Bonchev–Trinajstić information content (AvgIpc) is 0.953. The van der Waals surface area contributed by atoms with Gasteiger partial charge in [0.25, 0.3) is 0 Å². The van der Waals surface area contributed by atoms with Crippen LogP contribution in [-0.4, -0.2) is 96.7 Å². The summed E-state index contributed by atoms with van der Waals surface area (Å²) in [7, 11) is -9.92. The summed E-state index contributed by atoms with van der Waals surface area (Å²) in [6, 6.07) is 0. The Morgan fingerprint density at radius 1 is 0.267 bits per heavy atom. The van der Waals surface area contributed by atoms with Gasteiger partial charge >= 0.3 is 39.5 Å². The Morgan fingerprint density at radius 3 is 0.673 bits per heavy atom. The first-order valence-corrected chi connectivity index (χ1v) is 45.6. The Balaban J connectivity index is 5.21. The zero-order valence-electron chi connectivity index (χ0n) is 66.1. The molecule has 0 aromatic rings. The molecule has 0 heterocycles. The molecule has 600 valence electrons. The Bertz CT molecular complexity index is 1930. The van der Waals surface area contributed by atoms with Crippen molar-refractivity contribution in [2.24, 2.45) is 5.92 Å². The van der Waals surface area contributed by atoms with E-state index in [2.05, 4.69) is 34.6 Å². The summed E-state index contributed by atoms with van der Waals surface area (Å²) < 4.78 is 68.7. The van der Waals surface area contributed by atoms with Gasteiger partial charge in [-0.25, -0.2) is 9.13 Å². The summed E-state index contributed by atoms with van der Waals surface area (Å²) in [5.74, 6) is -1.40. The number of hydrogen-bond acceptors (Lipinski definition) is 15. The molecule has 5 atom stereocenters. The molecular formula is C82H160O17P2. The molecule has 0 saturated heterocycles. The summed E-state index contributed by atoms with van der Waals surface area (Å²) in [5, 5.41) is 10.6. The summed E-state index contributed by atoms with van der Waals surface area (Å²) in [6.07, 6.45) is 66.8. The molecule has 0 radical (unpaired) electrons. The molecule has 0 rings (SSSR count). The topological polar surface area (TPSA) is 237 Å². The first kappa shape index (κ1) is 99.1. The Morgan fingerprint density at radius 2 is 0.455 bits per heavy atom. The first-order valence-electron chi connectivity index (χ1n) is 42.6. The molecule has 19 heteroatoms. The van der Waals surface area contributed by atoms with Crippen LogP contribution >= 0.6 is 15.6 Å². The van der Waals surface area contributed by atoms with Gasteiger partial charge in [0.1, 0.15) is 19.3 Å². The van der Waals surface area contributed by atoms with Gasteiger partial charge in [-0.15, -0.1) is 0 Å². The number of phosphoric ester groups is 2. The van der Waals surface area contributed by atoms with Crippen molar-refractivity contribution in [3.63, 3.8) is 0 Å². The number of esters is 4. The predicted molar refractivity (Wildman–Crippen MR) is 414 cm³/mol. The molecule has 0 spiro atoms. The molecule has 0 aliphatic heterocycles. The second-order valence-electron chi connectivity index (χ2n) is 30.0. The predicted octanol–water partition coefficient (Wildman–Crippen LogP) is 24.8. The van der Waals surface area contributed by atoms with Crippen LogP contribution < -0.4 is 0 Å². The number of carbonyl (C=O) groups is 4. The van der Waals surface area contributed by atoms with Crippen LogP contribution in [-0.2, 0) is 65.4 Å². The van der Waals surface area contributed by atoms with Gasteiger partial charge < -0.3 is 33.8 Å². The quantitative estimate of drug-likeness (QED) is 0.0222. The van der Waals surface area contributed by atoms with Gasteiger partial charge in [-0.1, -0.05) is 388 Å². The van der Waals surface area contributed by atoms with Crippen LogP contribution in [0.5, 0.6) is 0 Å². The third kappa shape index (κ3) is 76.1. The van der Waals surface area contributed by atoms with Crippen molar-refractivity contribution in [3.05, 3.63) is 0 Å². The smallest absolute Gasteiger partial charge is 0.462 e. The van der Waals surface area contributed by atoms with E-state index >= 15 is 0 Å². The van der Waals surface area contributed by atoms with E-state index in [0.717, 1.165) is 96.3 Å².